The van der Waals surface area contributed by atoms with Crippen LogP contribution in [0.25, 0.3) is 0 Å². The molecular formula is C15H14ClN3O3. The fourth-order valence-corrected chi connectivity index (χ4v) is 2.66. The van der Waals surface area contributed by atoms with Gasteiger partial charge in [-0.2, -0.15) is 0 Å². The Balaban J connectivity index is 1.72. The van der Waals surface area contributed by atoms with Gasteiger partial charge in [0.25, 0.3) is 5.91 Å². The molecule has 22 heavy (non-hydrogen) atoms. The summed E-state index contributed by atoms with van der Waals surface area (Å²) >= 11 is 6.12. The molecule has 1 saturated heterocycles. The molecule has 0 aliphatic carbocycles. The third-order valence-electron chi connectivity index (χ3n) is 3.51. The molecule has 1 aromatic heterocycles. The Morgan fingerprint density at radius 2 is 2.23 bits per heavy atom. The summed E-state index contributed by atoms with van der Waals surface area (Å²) in [7, 11) is 0. The number of benzene rings is 1. The lowest BCUT2D eigenvalue weighted by Gasteiger charge is -2.18. The molecule has 114 valence electrons. The van der Waals surface area contributed by atoms with Crippen LogP contribution >= 0.6 is 11.6 Å². The maximum atomic E-state index is 12.4. The van der Waals surface area contributed by atoms with Crippen molar-refractivity contribution in [1.82, 2.24) is 10.5 Å². The number of hydrogen-bond acceptors (Lipinski definition) is 4. The lowest BCUT2D eigenvalue weighted by molar-refractivity contribution is -0.118. The number of nitrogens with zero attached hydrogens (tertiary/aromatic N) is 2. The first kappa shape index (κ1) is 14.6. The maximum absolute atomic E-state index is 12.4. The van der Waals surface area contributed by atoms with E-state index in [1.54, 1.807) is 30.0 Å². The maximum Gasteiger partial charge on any atom is 0.290 e. The number of nitrogens with one attached hydrogen (secondary N) is 1. The van der Waals surface area contributed by atoms with Gasteiger partial charge in [0.2, 0.25) is 11.7 Å². The van der Waals surface area contributed by atoms with Crippen LogP contribution in [-0.4, -0.2) is 29.6 Å². The molecule has 0 bridgehead atoms. The highest BCUT2D eigenvalue weighted by Gasteiger charge is 2.35. The predicted octanol–water partition coefficient (Wildman–Crippen LogP) is 2.17. The van der Waals surface area contributed by atoms with E-state index >= 15 is 0 Å². The van der Waals surface area contributed by atoms with Crippen LogP contribution in [0.3, 0.4) is 0 Å². The standard InChI is InChI=1S/C15H14ClN3O3/c1-9-8-13(22-18-9)14(20)17-11-6-7-19(15(11)21)12-5-3-2-4-10(12)16/h2-5,8,11H,6-7H2,1H3,(H,17,20)/t11-/m0/s1. The van der Waals surface area contributed by atoms with Gasteiger partial charge in [-0.1, -0.05) is 28.9 Å². The van der Waals surface area contributed by atoms with Gasteiger partial charge in [0.15, 0.2) is 0 Å². The monoisotopic (exact) mass is 319 g/mol. The van der Waals surface area contributed by atoms with Gasteiger partial charge in [-0.25, -0.2) is 0 Å². The largest absolute Gasteiger partial charge is 0.351 e. The van der Waals surface area contributed by atoms with E-state index in [0.717, 1.165) is 0 Å². The van der Waals surface area contributed by atoms with E-state index in [1.807, 2.05) is 6.07 Å². The summed E-state index contributed by atoms with van der Waals surface area (Å²) in [5.74, 6) is -0.529. The third kappa shape index (κ3) is 2.69. The molecule has 1 aliphatic heterocycles. The first-order chi connectivity index (χ1) is 10.6. The molecule has 2 amide bonds. The topological polar surface area (TPSA) is 75.4 Å². The highest BCUT2D eigenvalue weighted by atomic mass is 35.5. The first-order valence-corrected chi connectivity index (χ1v) is 7.24. The van der Waals surface area contributed by atoms with Gasteiger partial charge >= 0.3 is 0 Å². The van der Waals surface area contributed by atoms with Crippen molar-refractivity contribution in [2.45, 2.75) is 19.4 Å². The van der Waals surface area contributed by atoms with Crippen LogP contribution < -0.4 is 10.2 Å². The normalized spacial score (nSPS) is 17.8. The number of carbonyl (C=O) groups is 2. The molecule has 2 aromatic rings. The lowest BCUT2D eigenvalue weighted by atomic mass is 10.2. The molecule has 1 aromatic carbocycles. The molecule has 0 saturated carbocycles. The van der Waals surface area contributed by atoms with E-state index in [-0.39, 0.29) is 11.7 Å². The quantitative estimate of drug-likeness (QED) is 0.940. The molecule has 1 N–H and O–H groups in total. The van der Waals surface area contributed by atoms with Crippen molar-refractivity contribution in [1.29, 1.82) is 0 Å². The van der Waals surface area contributed by atoms with E-state index in [2.05, 4.69) is 10.5 Å². The Kier molecular flexibility index (Phi) is 3.85. The number of rotatable bonds is 3. The summed E-state index contributed by atoms with van der Waals surface area (Å²) in [6, 6.07) is 8.07. The van der Waals surface area contributed by atoms with Crippen molar-refractivity contribution in [3.8, 4) is 0 Å². The van der Waals surface area contributed by atoms with Crippen LogP contribution in [0.4, 0.5) is 5.69 Å². The smallest absolute Gasteiger partial charge is 0.290 e. The zero-order valence-corrected chi connectivity index (χ0v) is 12.6. The van der Waals surface area contributed by atoms with Gasteiger partial charge in [0.1, 0.15) is 6.04 Å². The van der Waals surface area contributed by atoms with Crippen molar-refractivity contribution < 1.29 is 14.1 Å². The molecule has 2 heterocycles. The van der Waals surface area contributed by atoms with Crippen molar-refractivity contribution in [2.75, 3.05) is 11.4 Å². The minimum absolute atomic E-state index is 0.0986. The molecule has 0 unspecified atom stereocenters. The van der Waals surface area contributed by atoms with Gasteiger partial charge in [-0.05, 0) is 25.5 Å². The molecule has 1 atom stereocenters. The molecule has 1 aliphatic rings. The number of anilines is 1. The van der Waals surface area contributed by atoms with Gasteiger partial charge < -0.3 is 14.7 Å². The number of hydrogen-bond donors (Lipinski definition) is 1. The first-order valence-electron chi connectivity index (χ1n) is 6.86. The van der Waals surface area contributed by atoms with Crippen molar-refractivity contribution in [3.63, 3.8) is 0 Å². The molecule has 0 radical (unpaired) electrons. The van der Waals surface area contributed by atoms with Crippen LogP contribution in [-0.2, 0) is 4.79 Å². The fourth-order valence-electron chi connectivity index (χ4n) is 2.42. The number of halogens is 1. The lowest BCUT2D eigenvalue weighted by Crippen LogP contribution is -2.41. The van der Waals surface area contributed by atoms with E-state index in [0.29, 0.717) is 29.4 Å². The minimum Gasteiger partial charge on any atom is -0.351 e. The molecule has 3 rings (SSSR count). The average molecular weight is 320 g/mol. The average Bonchev–Trinajstić information content (AvgIpc) is 3.07. The summed E-state index contributed by atoms with van der Waals surface area (Å²) in [6.45, 7) is 2.23. The molecule has 0 spiro atoms. The Morgan fingerprint density at radius 3 is 2.91 bits per heavy atom. The summed E-state index contributed by atoms with van der Waals surface area (Å²) in [6.07, 6.45) is 0.517. The van der Waals surface area contributed by atoms with Gasteiger partial charge in [0, 0.05) is 12.6 Å². The summed E-state index contributed by atoms with van der Waals surface area (Å²) in [5.41, 5.74) is 1.27. The Hall–Kier alpha value is -2.34. The van der Waals surface area contributed by atoms with Crippen LogP contribution in [0.2, 0.25) is 5.02 Å². The Morgan fingerprint density at radius 1 is 1.45 bits per heavy atom. The zero-order valence-electron chi connectivity index (χ0n) is 11.9. The zero-order chi connectivity index (χ0) is 15.7. The van der Waals surface area contributed by atoms with Gasteiger partial charge in [-0.3, -0.25) is 9.59 Å². The third-order valence-corrected chi connectivity index (χ3v) is 3.83. The molecule has 7 heteroatoms. The number of carbonyl (C=O) groups excluding carboxylic acids is 2. The SMILES string of the molecule is Cc1cc(C(=O)N[C@H]2CCN(c3ccccc3Cl)C2=O)on1. The highest BCUT2D eigenvalue weighted by molar-refractivity contribution is 6.34. The second-order valence-electron chi connectivity index (χ2n) is 5.09. The van der Waals surface area contributed by atoms with Crippen LogP contribution in [0.1, 0.15) is 22.7 Å². The van der Waals surface area contributed by atoms with E-state index in [1.165, 1.54) is 6.07 Å². The number of aromatic nitrogens is 1. The number of para-hydroxylation sites is 1. The van der Waals surface area contributed by atoms with Crippen molar-refractivity contribution >= 4 is 29.1 Å². The highest BCUT2D eigenvalue weighted by Crippen LogP contribution is 2.29. The van der Waals surface area contributed by atoms with Crippen LogP contribution in [0.15, 0.2) is 34.9 Å². The van der Waals surface area contributed by atoms with Crippen molar-refractivity contribution in [2.24, 2.45) is 0 Å². The minimum atomic E-state index is -0.589. The molecule has 1 fully saturated rings. The molecule has 6 nitrogen and oxygen atoms in total. The predicted molar refractivity (Wildman–Crippen MR) is 80.9 cm³/mol. The fraction of sp³-hybridized carbons (Fsp3) is 0.267. The van der Waals surface area contributed by atoms with Gasteiger partial charge in [-0.15, -0.1) is 0 Å². The van der Waals surface area contributed by atoms with Crippen LogP contribution in [0.5, 0.6) is 0 Å². The number of amides is 2. The van der Waals surface area contributed by atoms with E-state index in [9.17, 15) is 9.59 Å². The molecular weight excluding hydrogens is 306 g/mol. The van der Waals surface area contributed by atoms with Crippen molar-refractivity contribution in [3.05, 3.63) is 46.8 Å². The Labute approximate surface area is 132 Å². The summed E-state index contributed by atoms with van der Waals surface area (Å²) < 4.78 is 4.89. The number of aryl methyl sites for hydroxylation is 1. The van der Waals surface area contributed by atoms with E-state index in [4.69, 9.17) is 16.1 Å². The van der Waals surface area contributed by atoms with Gasteiger partial charge in [0.05, 0.1) is 16.4 Å². The summed E-state index contributed by atoms with van der Waals surface area (Å²) in [5, 5.41) is 6.84. The second-order valence-corrected chi connectivity index (χ2v) is 5.50. The van der Waals surface area contributed by atoms with Crippen LogP contribution in [0, 0.1) is 6.92 Å². The second kappa shape index (κ2) is 5.81. The Bertz CT molecular complexity index is 728. The summed E-state index contributed by atoms with van der Waals surface area (Å²) in [4.78, 5) is 26.0. The van der Waals surface area contributed by atoms with E-state index < -0.39 is 11.9 Å².